The van der Waals surface area contributed by atoms with Crippen LogP contribution in [0.15, 0.2) is 36.9 Å². The van der Waals surface area contributed by atoms with Crippen molar-refractivity contribution in [3.8, 4) is 0 Å². The maximum Gasteiger partial charge on any atom is 0.316 e. The van der Waals surface area contributed by atoms with Crippen molar-refractivity contribution in [1.29, 1.82) is 0 Å². The Bertz CT molecular complexity index is 538. The molecule has 0 aromatic heterocycles. The molecule has 0 aliphatic carbocycles. The summed E-state index contributed by atoms with van der Waals surface area (Å²) >= 11 is 0. The monoisotopic (exact) mass is 273 g/mol. The number of fused-ring (bicyclic) bond motifs is 1. The third-order valence-corrected chi connectivity index (χ3v) is 3.65. The van der Waals surface area contributed by atoms with Gasteiger partial charge in [-0.3, -0.25) is 9.59 Å². The molecule has 106 valence electrons. The predicted octanol–water partition coefficient (Wildman–Crippen LogP) is 2.80. The van der Waals surface area contributed by atoms with E-state index in [-0.39, 0.29) is 11.9 Å². The summed E-state index contributed by atoms with van der Waals surface area (Å²) in [4.78, 5) is 24.4. The summed E-state index contributed by atoms with van der Waals surface area (Å²) in [5, 5.41) is 2.85. The van der Waals surface area contributed by atoms with Crippen LogP contribution in [0.4, 0.5) is 5.69 Å². The number of para-hydroxylation sites is 1. The molecule has 0 radical (unpaired) electrons. The number of anilines is 1. The van der Waals surface area contributed by atoms with E-state index in [1.807, 2.05) is 24.3 Å². The van der Waals surface area contributed by atoms with Crippen LogP contribution < -0.4 is 5.32 Å². The highest BCUT2D eigenvalue weighted by atomic mass is 16.5. The van der Waals surface area contributed by atoms with Gasteiger partial charge in [-0.1, -0.05) is 24.3 Å². The number of carbonyl (C=O) groups is 2. The molecule has 1 aliphatic heterocycles. The number of allylic oxidation sites excluding steroid dienone is 1. The summed E-state index contributed by atoms with van der Waals surface area (Å²) in [5.74, 6) is -0.364. The molecule has 4 nitrogen and oxygen atoms in total. The van der Waals surface area contributed by atoms with Crippen molar-refractivity contribution in [2.75, 3.05) is 11.9 Å². The molecule has 4 heteroatoms. The van der Waals surface area contributed by atoms with Crippen LogP contribution in [0.25, 0.3) is 0 Å². The first-order chi connectivity index (χ1) is 9.64. The Kier molecular flexibility index (Phi) is 4.23. The third kappa shape index (κ3) is 2.46. The van der Waals surface area contributed by atoms with E-state index in [1.54, 1.807) is 13.0 Å². The second-order valence-electron chi connectivity index (χ2n) is 4.89. The van der Waals surface area contributed by atoms with Crippen molar-refractivity contribution in [2.45, 2.75) is 31.6 Å². The van der Waals surface area contributed by atoms with Gasteiger partial charge in [-0.15, -0.1) is 6.58 Å². The van der Waals surface area contributed by atoms with E-state index in [4.69, 9.17) is 4.74 Å². The summed E-state index contributed by atoms with van der Waals surface area (Å²) in [6, 6.07) is 7.40. The maximum atomic E-state index is 12.5. The first-order valence-corrected chi connectivity index (χ1v) is 6.81. The van der Waals surface area contributed by atoms with Crippen molar-refractivity contribution < 1.29 is 14.3 Å². The predicted molar refractivity (Wildman–Crippen MR) is 77.4 cm³/mol. The lowest BCUT2D eigenvalue weighted by molar-refractivity contribution is -0.150. The van der Waals surface area contributed by atoms with Gasteiger partial charge in [0.05, 0.1) is 12.0 Å². The zero-order valence-corrected chi connectivity index (χ0v) is 11.6. The standard InChI is InChI=1S/C16H19NO3/c1-3-10-16(15(19)20-4-2)11-9-14(18)17-13-8-6-5-7-12(13)16/h3,5-8H,1,4,9-11H2,2H3,(H,17,18). The molecule has 0 saturated heterocycles. The van der Waals surface area contributed by atoms with Crippen molar-refractivity contribution in [3.05, 3.63) is 42.5 Å². The second kappa shape index (κ2) is 5.90. The fraction of sp³-hybridized carbons (Fsp3) is 0.375. The Morgan fingerprint density at radius 3 is 2.95 bits per heavy atom. The van der Waals surface area contributed by atoms with E-state index in [0.29, 0.717) is 31.6 Å². The van der Waals surface area contributed by atoms with E-state index >= 15 is 0 Å². The Morgan fingerprint density at radius 1 is 1.50 bits per heavy atom. The molecule has 0 saturated carbocycles. The van der Waals surface area contributed by atoms with E-state index in [2.05, 4.69) is 11.9 Å². The molecular weight excluding hydrogens is 254 g/mol. The SMILES string of the molecule is C=CCC1(C(=O)OCC)CCC(=O)Nc2ccccc21. The van der Waals surface area contributed by atoms with Gasteiger partial charge in [0.25, 0.3) is 0 Å². The number of rotatable bonds is 4. The molecule has 1 heterocycles. The van der Waals surface area contributed by atoms with Crippen LogP contribution in [0.1, 0.15) is 31.7 Å². The summed E-state index contributed by atoms with van der Waals surface area (Å²) in [6.45, 7) is 5.86. The van der Waals surface area contributed by atoms with Crippen molar-refractivity contribution in [2.24, 2.45) is 0 Å². The number of ether oxygens (including phenoxy) is 1. The largest absolute Gasteiger partial charge is 0.465 e. The van der Waals surface area contributed by atoms with Crippen LogP contribution in [0.2, 0.25) is 0 Å². The Morgan fingerprint density at radius 2 is 2.25 bits per heavy atom. The smallest absolute Gasteiger partial charge is 0.316 e. The third-order valence-electron chi connectivity index (χ3n) is 3.65. The van der Waals surface area contributed by atoms with Crippen LogP contribution in [-0.4, -0.2) is 18.5 Å². The van der Waals surface area contributed by atoms with Gasteiger partial charge >= 0.3 is 5.97 Å². The quantitative estimate of drug-likeness (QED) is 0.678. The van der Waals surface area contributed by atoms with Crippen LogP contribution in [0.5, 0.6) is 0 Å². The Labute approximate surface area is 118 Å². The first-order valence-electron chi connectivity index (χ1n) is 6.81. The Balaban J connectivity index is 2.57. The molecular formula is C16H19NO3. The molecule has 1 N–H and O–H groups in total. The summed E-state index contributed by atoms with van der Waals surface area (Å²) in [6.07, 6.45) is 2.89. The van der Waals surface area contributed by atoms with E-state index in [9.17, 15) is 9.59 Å². The van der Waals surface area contributed by atoms with E-state index in [1.165, 1.54) is 0 Å². The summed E-state index contributed by atoms with van der Waals surface area (Å²) < 4.78 is 5.26. The number of esters is 1. The molecule has 0 bridgehead atoms. The number of hydrogen-bond donors (Lipinski definition) is 1. The van der Waals surface area contributed by atoms with Crippen molar-refractivity contribution in [1.82, 2.24) is 0 Å². The Hall–Kier alpha value is -2.10. The molecule has 2 rings (SSSR count). The topological polar surface area (TPSA) is 55.4 Å². The zero-order chi connectivity index (χ0) is 14.6. The fourth-order valence-electron chi connectivity index (χ4n) is 2.71. The first kappa shape index (κ1) is 14.3. The molecule has 1 atom stereocenters. The number of amides is 1. The molecule has 1 amide bonds. The average Bonchev–Trinajstić information content (AvgIpc) is 2.58. The molecule has 1 unspecified atom stereocenters. The van der Waals surface area contributed by atoms with Gasteiger partial charge in [0.1, 0.15) is 0 Å². The minimum absolute atomic E-state index is 0.0762. The zero-order valence-electron chi connectivity index (χ0n) is 11.6. The lowest BCUT2D eigenvalue weighted by Crippen LogP contribution is -2.37. The van der Waals surface area contributed by atoms with Gasteiger partial charge in [0, 0.05) is 12.1 Å². The van der Waals surface area contributed by atoms with Gasteiger partial charge in [-0.05, 0) is 31.4 Å². The van der Waals surface area contributed by atoms with Crippen LogP contribution in [0.3, 0.4) is 0 Å². The number of carbonyl (C=O) groups excluding carboxylic acids is 2. The van der Waals surface area contributed by atoms with Gasteiger partial charge in [-0.2, -0.15) is 0 Å². The average molecular weight is 273 g/mol. The van der Waals surface area contributed by atoms with Crippen LogP contribution in [0, 0.1) is 0 Å². The van der Waals surface area contributed by atoms with Crippen molar-refractivity contribution >= 4 is 17.6 Å². The summed E-state index contributed by atoms with van der Waals surface area (Å²) in [7, 11) is 0. The lowest BCUT2D eigenvalue weighted by atomic mass is 9.74. The van der Waals surface area contributed by atoms with E-state index < -0.39 is 5.41 Å². The van der Waals surface area contributed by atoms with Gasteiger partial charge in [0.15, 0.2) is 0 Å². The lowest BCUT2D eigenvalue weighted by Gasteiger charge is -2.30. The minimum Gasteiger partial charge on any atom is -0.465 e. The molecule has 1 aromatic carbocycles. The highest BCUT2D eigenvalue weighted by Crippen LogP contribution is 2.41. The van der Waals surface area contributed by atoms with E-state index in [0.717, 1.165) is 5.56 Å². The minimum atomic E-state index is -0.826. The number of hydrogen-bond acceptors (Lipinski definition) is 3. The number of benzene rings is 1. The second-order valence-corrected chi connectivity index (χ2v) is 4.89. The molecule has 1 aromatic rings. The highest BCUT2D eigenvalue weighted by Gasteiger charge is 2.43. The molecule has 1 aliphatic rings. The van der Waals surface area contributed by atoms with Crippen LogP contribution in [-0.2, 0) is 19.7 Å². The normalized spacial score (nSPS) is 21.4. The van der Waals surface area contributed by atoms with Gasteiger partial charge in [0.2, 0.25) is 5.91 Å². The number of nitrogens with one attached hydrogen (secondary N) is 1. The fourth-order valence-corrected chi connectivity index (χ4v) is 2.71. The maximum absolute atomic E-state index is 12.5. The van der Waals surface area contributed by atoms with Gasteiger partial charge in [-0.25, -0.2) is 0 Å². The highest BCUT2D eigenvalue weighted by molar-refractivity contribution is 5.96. The molecule has 0 fully saturated rings. The molecule has 0 spiro atoms. The van der Waals surface area contributed by atoms with Crippen LogP contribution >= 0.6 is 0 Å². The van der Waals surface area contributed by atoms with Crippen molar-refractivity contribution in [3.63, 3.8) is 0 Å². The summed E-state index contributed by atoms with van der Waals surface area (Å²) in [5.41, 5.74) is 0.669. The molecule has 20 heavy (non-hydrogen) atoms. The van der Waals surface area contributed by atoms with Gasteiger partial charge < -0.3 is 10.1 Å².